The molecule has 0 aliphatic carbocycles. The first kappa shape index (κ1) is 21.5. The molecule has 1 aromatic carbocycles. The zero-order valence-corrected chi connectivity index (χ0v) is 16.9. The van der Waals surface area contributed by atoms with Crippen molar-refractivity contribution in [2.75, 3.05) is 26.8 Å². The van der Waals surface area contributed by atoms with Crippen LogP contribution >= 0.6 is 0 Å². The van der Waals surface area contributed by atoms with E-state index in [0.29, 0.717) is 19.2 Å². The van der Waals surface area contributed by atoms with Crippen molar-refractivity contribution in [2.24, 2.45) is 0 Å². The van der Waals surface area contributed by atoms with Crippen molar-refractivity contribution in [1.29, 1.82) is 0 Å². The SMILES string of the molecule is COc1cccc(CN2CC[C@H]3O[C@@H](C(=O)N4CCCCO4)CC[C@H]32)c1.O=CO. The number of carbonyl (C=O) groups is 2. The zero-order valence-electron chi connectivity index (χ0n) is 16.9. The van der Waals surface area contributed by atoms with Gasteiger partial charge in [-0.1, -0.05) is 12.1 Å². The fourth-order valence-electron chi connectivity index (χ4n) is 4.33. The van der Waals surface area contributed by atoms with Gasteiger partial charge in [0.05, 0.1) is 19.8 Å². The molecule has 8 nitrogen and oxygen atoms in total. The third-order valence-corrected chi connectivity index (χ3v) is 5.71. The smallest absolute Gasteiger partial charge is 0.290 e. The van der Waals surface area contributed by atoms with Crippen LogP contribution in [-0.2, 0) is 25.7 Å². The first-order valence-corrected chi connectivity index (χ1v) is 10.2. The summed E-state index contributed by atoms with van der Waals surface area (Å²) in [4.78, 5) is 29.0. The van der Waals surface area contributed by atoms with Crippen LogP contribution in [-0.4, -0.2) is 72.5 Å². The second-order valence-corrected chi connectivity index (χ2v) is 7.50. The first-order valence-electron chi connectivity index (χ1n) is 10.2. The van der Waals surface area contributed by atoms with Crippen LogP contribution in [0, 0.1) is 0 Å². The molecule has 0 unspecified atom stereocenters. The summed E-state index contributed by atoms with van der Waals surface area (Å²) in [7, 11) is 1.70. The molecular weight excluding hydrogens is 376 g/mol. The molecule has 3 aliphatic rings. The highest BCUT2D eigenvalue weighted by molar-refractivity contribution is 5.80. The summed E-state index contributed by atoms with van der Waals surface area (Å²) < 4.78 is 11.5. The molecule has 0 spiro atoms. The highest BCUT2D eigenvalue weighted by Crippen LogP contribution is 2.33. The summed E-state index contributed by atoms with van der Waals surface area (Å²) in [5.74, 6) is 0.903. The first-order chi connectivity index (χ1) is 14.2. The van der Waals surface area contributed by atoms with E-state index in [1.165, 1.54) is 10.6 Å². The summed E-state index contributed by atoms with van der Waals surface area (Å²) in [6, 6.07) is 8.63. The third kappa shape index (κ3) is 5.46. The number of hydroxylamine groups is 2. The third-order valence-electron chi connectivity index (χ3n) is 5.71. The Bertz CT molecular complexity index is 679. The van der Waals surface area contributed by atoms with E-state index in [1.54, 1.807) is 7.11 Å². The van der Waals surface area contributed by atoms with Gasteiger partial charge in [0.1, 0.15) is 11.9 Å². The van der Waals surface area contributed by atoms with E-state index in [0.717, 1.165) is 50.9 Å². The van der Waals surface area contributed by atoms with Gasteiger partial charge in [-0.15, -0.1) is 0 Å². The van der Waals surface area contributed by atoms with Gasteiger partial charge in [-0.3, -0.25) is 19.3 Å². The molecule has 3 fully saturated rings. The fraction of sp³-hybridized carbons (Fsp3) is 0.619. The van der Waals surface area contributed by atoms with Gasteiger partial charge >= 0.3 is 0 Å². The number of likely N-dealkylation sites (tertiary alicyclic amines) is 1. The number of carbonyl (C=O) groups excluding carboxylic acids is 1. The number of amides is 1. The Morgan fingerprint density at radius 1 is 1.28 bits per heavy atom. The lowest BCUT2D eigenvalue weighted by Gasteiger charge is -2.37. The molecule has 3 saturated heterocycles. The lowest BCUT2D eigenvalue weighted by atomic mass is 9.98. The van der Waals surface area contributed by atoms with E-state index in [4.69, 9.17) is 24.2 Å². The number of methoxy groups -OCH3 is 1. The van der Waals surface area contributed by atoms with Gasteiger partial charge in [0.15, 0.2) is 0 Å². The van der Waals surface area contributed by atoms with Gasteiger partial charge in [0.2, 0.25) is 0 Å². The Labute approximate surface area is 171 Å². The number of ether oxygens (including phenoxy) is 2. The van der Waals surface area contributed by atoms with Crippen molar-refractivity contribution in [1.82, 2.24) is 9.96 Å². The fourth-order valence-corrected chi connectivity index (χ4v) is 4.33. The van der Waals surface area contributed by atoms with Crippen LogP contribution in [0.4, 0.5) is 0 Å². The van der Waals surface area contributed by atoms with Crippen molar-refractivity contribution in [3.05, 3.63) is 29.8 Å². The number of nitrogens with zero attached hydrogens (tertiary/aromatic N) is 2. The summed E-state index contributed by atoms with van der Waals surface area (Å²) in [6.45, 7) is 2.98. The van der Waals surface area contributed by atoms with Crippen LogP contribution in [0.1, 0.15) is 37.7 Å². The van der Waals surface area contributed by atoms with Gasteiger partial charge < -0.3 is 14.6 Å². The molecule has 1 amide bonds. The number of benzene rings is 1. The van der Waals surface area contributed by atoms with Gasteiger partial charge in [-0.25, -0.2) is 5.06 Å². The molecule has 160 valence electrons. The van der Waals surface area contributed by atoms with Crippen molar-refractivity contribution >= 4 is 12.4 Å². The quantitative estimate of drug-likeness (QED) is 0.766. The van der Waals surface area contributed by atoms with Gasteiger partial charge in [0, 0.05) is 25.7 Å². The molecule has 0 bridgehead atoms. The van der Waals surface area contributed by atoms with E-state index < -0.39 is 0 Å². The molecule has 0 aromatic heterocycles. The Hall–Kier alpha value is -2.16. The minimum absolute atomic E-state index is 0.00870. The number of hydrogen-bond donors (Lipinski definition) is 1. The van der Waals surface area contributed by atoms with Gasteiger partial charge in [-0.05, 0) is 49.8 Å². The molecule has 4 rings (SSSR count). The van der Waals surface area contributed by atoms with Gasteiger partial charge in [-0.2, -0.15) is 0 Å². The summed E-state index contributed by atoms with van der Waals surface area (Å²) in [5, 5.41) is 8.41. The van der Waals surface area contributed by atoms with Gasteiger partial charge in [0.25, 0.3) is 12.4 Å². The van der Waals surface area contributed by atoms with E-state index in [-0.39, 0.29) is 24.6 Å². The minimum Gasteiger partial charge on any atom is -0.497 e. The van der Waals surface area contributed by atoms with E-state index in [2.05, 4.69) is 17.0 Å². The van der Waals surface area contributed by atoms with Crippen molar-refractivity contribution in [3.63, 3.8) is 0 Å². The summed E-state index contributed by atoms with van der Waals surface area (Å²) in [6.07, 6.45) is 4.60. The topological polar surface area (TPSA) is 88.5 Å². The predicted octanol–water partition coefficient (Wildman–Crippen LogP) is 2.07. The lowest BCUT2D eigenvalue weighted by molar-refractivity contribution is -0.213. The Kier molecular flexibility index (Phi) is 7.85. The minimum atomic E-state index is -0.342. The number of rotatable bonds is 4. The predicted molar refractivity (Wildman–Crippen MR) is 105 cm³/mol. The van der Waals surface area contributed by atoms with Crippen LogP contribution in [0.5, 0.6) is 5.75 Å². The van der Waals surface area contributed by atoms with Crippen LogP contribution in [0.15, 0.2) is 24.3 Å². The highest BCUT2D eigenvalue weighted by Gasteiger charge is 2.42. The summed E-state index contributed by atoms with van der Waals surface area (Å²) in [5.41, 5.74) is 1.25. The molecular formula is C21H30N2O6. The van der Waals surface area contributed by atoms with Crippen molar-refractivity contribution in [3.8, 4) is 5.75 Å². The van der Waals surface area contributed by atoms with Crippen LogP contribution < -0.4 is 4.74 Å². The monoisotopic (exact) mass is 406 g/mol. The Morgan fingerprint density at radius 3 is 2.83 bits per heavy atom. The average Bonchev–Trinajstić information content (AvgIpc) is 3.16. The van der Waals surface area contributed by atoms with Crippen molar-refractivity contribution in [2.45, 2.75) is 56.9 Å². The molecule has 8 heteroatoms. The molecule has 3 aliphatic heterocycles. The standard InChI is InChI=1S/C20H28N2O4.CH2O2/c1-24-16-6-4-5-15(13-16)14-21-11-9-18-17(21)7-8-19(26-18)20(23)22-10-2-3-12-25-22;2-1-3/h4-6,13,17-19H,2-3,7-12,14H2,1H3;1H,(H,2,3)/t17-,18-,19-;/m1./s1. The number of hydrogen-bond acceptors (Lipinski definition) is 6. The molecule has 1 aromatic rings. The van der Waals surface area contributed by atoms with E-state index in [1.807, 2.05) is 12.1 Å². The molecule has 29 heavy (non-hydrogen) atoms. The maximum Gasteiger partial charge on any atom is 0.290 e. The molecule has 1 N–H and O–H groups in total. The van der Waals surface area contributed by atoms with Crippen LogP contribution in [0.25, 0.3) is 0 Å². The Morgan fingerprint density at radius 2 is 2.10 bits per heavy atom. The Balaban J connectivity index is 0.000000755. The maximum atomic E-state index is 12.6. The highest BCUT2D eigenvalue weighted by atomic mass is 16.7. The average molecular weight is 406 g/mol. The molecule has 3 atom stereocenters. The second-order valence-electron chi connectivity index (χ2n) is 7.50. The summed E-state index contributed by atoms with van der Waals surface area (Å²) >= 11 is 0. The normalized spacial score (nSPS) is 26.8. The largest absolute Gasteiger partial charge is 0.497 e. The number of carboxylic acid groups (broad SMARTS) is 1. The molecule has 0 saturated carbocycles. The van der Waals surface area contributed by atoms with E-state index >= 15 is 0 Å². The van der Waals surface area contributed by atoms with Crippen LogP contribution in [0.2, 0.25) is 0 Å². The lowest BCUT2D eigenvalue weighted by Crippen LogP contribution is -2.49. The second kappa shape index (κ2) is 10.6. The molecule has 0 radical (unpaired) electrons. The zero-order chi connectivity index (χ0) is 20.6. The van der Waals surface area contributed by atoms with Crippen molar-refractivity contribution < 1.29 is 29.0 Å². The number of fused-ring (bicyclic) bond motifs is 1. The van der Waals surface area contributed by atoms with E-state index in [9.17, 15) is 4.79 Å². The van der Waals surface area contributed by atoms with Crippen LogP contribution in [0.3, 0.4) is 0 Å². The maximum absolute atomic E-state index is 12.6. The molecule has 3 heterocycles.